The molecule has 0 nitrogen and oxygen atoms in total. The Morgan fingerprint density at radius 1 is 1.12 bits per heavy atom. The van der Waals surface area contributed by atoms with Crippen LogP contribution in [0.25, 0.3) is 0 Å². The second-order valence-electron chi connectivity index (χ2n) is 5.58. The normalized spacial score (nSPS) is 33.6. The maximum Gasteiger partial charge on any atom is 0.0429 e. The van der Waals surface area contributed by atoms with Crippen molar-refractivity contribution in [1.82, 2.24) is 0 Å². The van der Waals surface area contributed by atoms with Crippen LogP contribution < -0.4 is 0 Å². The van der Waals surface area contributed by atoms with Gasteiger partial charge in [0.15, 0.2) is 0 Å². The van der Waals surface area contributed by atoms with Gasteiger partial charge in [-0.05, 0) is 61.1 Å². The van der Waals surface area contributed by atoms with Gasteiger partial charge in [0.05, 0.1) is 0 Å². The van der Waals surface area contributed by atoms with Crippen LogP contribution in [0.5, 0.6) is 0 Å². The summed E-state index contributed by atoms with van der Waals surface area (Å²) in [6.07, 6.45) is 4.42. The molecule has 0 saturated heterocycles. The quantitative estimate of drug-likeness (QED) is 0.683. The van der Waals surface area contributed by atoms with Gasteiger partial charge in [0.25, 0.3) is 0 Å². The molecule has 3 rings (SSSR count). The largest absolute Gasteiger partial charge is 0.0836 e. The van der Waals surface area contributed by atoms with Crippen LogP contribution >= 0.6 is 15.9 Å². The molecule has 0 N–H and O–H groups in total. The SMILES string of the molecule is Cc1ccc(C(Br)C2C3CCCC32)cc1C. The average Bonchev–Trinajstić information content (AvgIpc) is 2.74. The van der Waals surface area contributed by atoms with E-state index in [9.17, 15) is 0 Å². The van der Waals surface area contributed by atoms with Crippen molar-refractivity contribution in [2.75, 3.05) is 0 Å². The van der Waals surface area contributed by atoms with E-state index in [-0.39, 0.29) is 0 Å². The van der Waals surface area contributed by atoms with Crippen LogP contribution in [-0.4, -0.2) is 0 Å². The molecule has 0 amide bonds. The molecule has 0 bridgehead atoms. The van der Waals surface area contributed by atoms with Crippen molar-refractivity contribution < 1.29 is 0 Å². The number of fused-ring (bicyclic) bond motifs is 1. The number of aryl methyl sites for hydroxylation is 2. The molecule has 2 aliphatic carbocycles. The summed E-state index contributed by atoms with van der Waals surface area (Å²) in [7, 11) is 0. The van der Waals surface area contributed by atoms with Crippen LogP contribution in [0.1, 0.15) is 40.8 Å². The van der Waals surface area contributed by atoms with Crippen LogP contribution in [-0.2, 0) is 0 Å². The first-order valence-electron chi connectivity index (χ1n) is 6.39. The van der Waals surface area contributed by atoms with E-state index in [1.54, 1.807) is 0 Å². The highest BCUT2D eigenvalue weighted by atomic mass is 79.9. The summed E-state index contributed by atoms with van der Waals surface area (Å²) >= 11 is 3.93. The average molecular weight is 279 g/mol. The van der Waals surface area contributed by atoms with Gasteiger partial charge in [0, 0.05) is 4.83 Å². The van der Waals surface area contributed by atoms with Crippen LogP contribution in [0.2, 0.25) is 0 Å². The molecule has 1 aromatic carbocycles. The van der Waals surface area contributed by atoms with E-state index in [0.717, 1.165) is 17.8 Å². The summed E-state index contributed by atoms with van der Waals surface area (Å²) in [5, 5.41) is 0. The summed E-state index contributed by atoms with van der Waals surface area (Å²) < 4.78 is 0. The number of benzene rings is 1. The maximum absolute atomic E-state index is 3.93. The Kier molecular flexibility index (Phi) is 2.62. The van der Waals surface area contributed by atoms with Gasteiger partial charge in [-0.2, -0.15) is 0 Å². The Bertz CT molecular complexity index is 400. The van der Waals surface area contributed by atoms with E-state index < -0.39 is 0 Å². The minimum Gasteiger partial charge on any atom is -0.0836 e. The highest BCUT2D eigenvalue weighted by molar-refractivity contribution is 9.09. The standard InChI is InChI=1S/C15H19Br/c1-9-6-7-11(8-10(9)2)15(16)14-12-4-3-5-13(12)14/h6-8,12-15H,3-5H2,1-2H3. The molecule has 2 saturated carbocycles. The lowest BCUT2D eigenvalue weighted by Gasteiger charge is -2.14. The summed E-state index contributed by atoms with van der Waals surface area (Å²) in [4.78, 5) is 0.599. The Morgan fingerprint density at radius 3 is 2.44 bits per heavy atom. The fraction of sp³-hybridized carbons (Fsp3) is 0.600. The second kappa shape index (κ2) is 3.87. The maximum atomic E-state index is 3.93. The molecule has 1 heteroatoms. The van der Waals surface area contributed by atoms with Crippen molar-refractivity contribution in [1.29, 1.82) is 0 Å². The van der Waals surface area contributed by atoms with E-state index in [4.69, 9.17) is 0 Å². The highest BCUT2D eigenvalue weighted by Crippen LogP contribution is 2.64. The van der Waals surface area contributed by atoms with E-state index in [2.05, 4.69) is 48.0 Å². The van der Waals surface area contributed by atoms with Crippen LogP contribution in [0, 0.1) is 31.6 Å². The molecule has 16 heavy (non-hydrogen) atoms. The molecule has 0 aliphatic heterocycles. The van der Waals surface area contributed by atoms with E-state index >= 15 is 0 Å². The van der Waals surface area contributed by atoms with Crippen molar-refractivity contribution in [3.63, 3.8) is 0 Å². The topological polar surface area (TPSA) is 0 Å². The Labute approximate surface area is 107 Å². The molecule has 3 atom stereocenters. The van der Waals surface area contributed by atoms with Gasteiger partial charge in [-0.15, -0.1) is 0 Å². The van der Waals surface area contributed by atoms with Crippen LogP contribution in [0.3, 0.4) is 0 Å². The van der Waals surface area contributed by atoms with Crippen molar-refractivity contribution in [3.8, 4) is 0 Å². The zero-order chi connectivity index (χ0) is 11.3. The van der Waals surface area contributed by atoms with Gasteiger partial charge in [-0.3, -0.25) is 0 Å². The highest BCUT2D eigenvalue weighted by Gasteiger charge is 2.55. The predicted molar refractivity (Wildman–Crippen MR) is 71.9 cm³/mol. The molecule has 0 heterocycles. The number of rotatable bonds is 2. The molecule has 3 unspecified atom stereocenters. The molecule has 2 aliphatic rings. The molecule has 0 radical (unpaired) electrons. The van der Waals surface area contributed by atoms with E-state index in [0.29, 0.717) is 4.83 Å². The molecular weight excluding hydrogens is 260 g/mol. The predicted octanol–water partition coefficient (Wildman–Crippen LogP) is 4.79. The van der Waals surface area contributed by atoms with Gasteiger partial charge >= 0.3 is 0 Å². The van der Waals surface area contributed by atoms with Gasteiger partial charge in [0.2, 0.25) is 0 Å². The van der Waals surface area contributed by atoms with Crippen molar-refractivity contribution in [3.05, 3.63) is 34.9 Å². The number of hydrogen-bond acceptors (Lipinski definition) is 0. The monoisotopic (exact) mass is 278 g/mol. The van der Waals surface area contributed by atoms with Gasteiger partial charge in [0.1, 0.15) is 0 Å². The molecule has 0 aromatic heterocycles. The van der Waals surface area contributed by atoms with Gasteiger partial charge in [-0.1, -0.05) is 40.5 Å². The lowest BCUT2D eigenvalue weighted by molar-refractivity contribution is 0.583. The fourth-order valence-corrected chi connectivity index (χ4v) is 4.54. The van der Waals surface area contributed by atoms with E-state index in [1.165, 1.54) is 36.0 Å². The molecule has 86 valence electrons. The second-order valence-corrected chi connectivity index (χ2v) is 6.57. The first-order valence-corrected chi connectivity index (χ1v) is 7.31. The Morgan fingerprint density at radius 2 is 1.81 bits per heavy atom. The molecule has 1 aromatic rings. The minimum absolute atomic E-state index is 0.599. The zero-order valence-corrected chi connectivity index (χ0v) is 11.6. The lowest BCUT2D eigenvalue weighted by Crippen LogP contribution is -1.99. The Balaban J connectivity index is 1.79. The van der Waals surface area contributed by atoms with Crippen molar-refractivity contribution in [2.24, 2.45) is 17.8 Å². The van der Waals surface area contributed by atoms with E-state index in [1.807, 2.05) is 0 Å². The lowest BCUT2D eigenvalue weighted by atomic mass is 9.99. The third-order valence-electron chi connectivity index (χ3n) is 4.66. The van der Waals surface area contributed by atoms with Crippen molar-refractivity contribution >= 4 is 15.9 Å². The minimum atomic E-state index is 0.599. The number of halogens is 1. The smallest absolute Gasteiger partial charge is 0.0429 e. The molecular formula is C15H19Br. The fourth-order valence-electron chi connectivity index (χ4n) is 3.47. The first kappa shape index (κ1) is 10.8. The van der Waals surface area contributed by atoms with Gasteiger partial charge in [-0.25, -0.2) is 0 Å². The summed E-state index contributed by atoms with van der Waals surface area (Å²) in [6, 6.07) is 6.93. The summed E-state index contributed by atoms with van der Waals surface area (Å²) in [5.41, 5.74) is 4.31. The number of alkyl halides is 1. The summed E-state index contributed by atoms with van der Waals surface area (Å²) in [5.74, 6) is 2.99. The third-order valence-corrected chi connectivity index (χ3v) is 5.80. The zero-order valence-electron chi connectivity index (χ0n) is 10.0. The van der Waals surface area contributed by atoms with Crippen molar-refractivity contribution in [2.45, 2.75) is 37.9 Å². The van der Waals surface area contributed by atoms with Gasteiger partial charge < -0.3 is 0 Å². The molecule has 2 fully saturated rings. The summed E-state index contributed by atoms with van der Waals surface area (Å²) in [6.45, 7) is 4.40. The van der Waals surface area contributed by atoms with Crippen LogP contribution in [0.15, 0.2) is 18.2 Å². The Hall–Kier alpha value is -0.300. The first-order chi connectivity index (χ1) is 7.68. The van der Waals surface area contributed by atoms with Crippen LogP contribution in [0.4, 0.5) is 0 Å². The third kappa shape index (κ3) is 1.64. The number of hydrogen-bond donors (Lipinski definition) is 0. The molecule has 0 spiro atoms.